The fourth-order valence-corrected chi connectivity index (χ4v) is 2.92. The van der Waals surface area contributed by atoms with Crippen LogP contribution in [0.4, 0.5) is 0 Å². The molecule has 2 N–H and O–H groups in total. The fraction of sp³-hybridized carbons (Fsp3) is 0.769. The van der Waals surface area contributed by atoms with Crippen molar-refractivity contribution in [1.82, 2.24) is 9.78 Å². The summed E-state index contributed by atoms with van der Waals surface area (Å²) in [6.45, 7) is 4.81. The van der Waals surface area contributed by atoms with Gasteiger partial charge in [0.1, 0.15) is 0 Å². The van der Waals surface area contributed by atoms with Crippen molar-refractivity contribution in [2.45, 2.75) is 57.7 Å². The summed E-state index contributed by atoms with van der Waals surface area (Å²) in [6, 6.07) is -0.0184. The van der Waals surface area contributed by atoms with Crippen molar-refractivity contribution in [3.05, 3.63) is 16.4 Å². The van der Waals surface area contributed by atoms with Crippen LogP contribution in [0.15, 0.2) is 0 Å². The van der Waals surface area contributed by atoms with Gasteiger partial charge in [0.15, 0.2) is 0 Å². The Kier molecular flexibility index (Phi) is 3.99. The minimum atomic E-state index is -0.153. The van der Waals surface area contributed by atoms with Crippen molar-refractivity contribution in [3.8, 4) is 0 Å². The third-order valence-electron chi connectivity index (χ3n) is 4.15. The summed E-state index contributed by atoms with van der Waals surface area (Å²) in [4.78, 5) is 0. The maximum atomic E-state index is 6.33. The van der Waals surface area contributed by atoms with Crippen LogP contribution in [-0.2, 0) is 17.7 Å². The van der Waals surface area contributed by atoms with E-state index in [1.54, 1.807) is 7.11 Å². The SMILES string of the molecule is CCn1nc(C)c(Cl)c1CC(N)C1(OC)CCC1. The van der Waals surface area contributed by atoms with Gasteiger partial charge in [0.25, 0.3) is 0 Å². The summed E-state index contributed by atoms with van der Waals surface area (Å²) in [5, 5.41) is 5.17. The van der Waals surface area contributed by atoms with E-state index in [1.807, 2.05) is 11.6 Å². The third kappa shape index (κ3) is 2.17. The standard InChI is InChI=1S/C13H22ClN3O/c1-4-17-10(12(14)9(2)16-17)8-11(15)13(18-3)6-5-7-13/h11H,4-8,15H2,1-3H3. The second-order valence-corrected chi connectivity index (χ2v) is 5.47. The number of aryl methyl sites for hydroxylation is 2. The summed E-state index contributed by atoms with van der Waals surface area (Å²) in [7, 11) is 1.75. The molecule has 0 aromatic carbocycles. The summed E-state index contributed by atoms with van der Waals surface area (Å²) in [5.41, 5.74) is 8.09. The number of nitrogens with zero attached hydrogens (tertiary/aromatic N) is 2. The predicted octanol–water partition coefficient (Wildman–Crippen LogP) is 2.30. The molecule has 18 heavy (non-hydrogen) atoms. The molecule has 1 aromatic heterocycles. The van der Waals surface area contributed by atoms with Crippen LogP contribution < -0.4 is 5.73 Å². The van der Waals surface area contributed by atoms with Crippen molar-refractivity contribution in [2.24, 2.45) is 5.73 Å². The molecule has 1 unspecified atom stereocenters. The first kappa shape index (κ1) is 13.8. The second-order valence-electron chi connectivity index (χ2n) is 5.09. The van der Waals surface area contributed by atoms with E-state index < -0.39 is 0 Å². The van der Waals surface area contributed by atoms with E-state index >= 15 is 0 Å². The summed E-state index contributed by atoms with van der Waals surface area (Å²) in [5.74, 6) is 0. The Balaban J connectivity index is 2.18. The molecule has 1 atom stereocenters. The molecule has 1 aliphatic carbocycles. The van der Waals surface area contributed by atoms with Crippen molar-refractivity contribution in [2.75, 3.05) is 7.11 Å². The first-order valence-electron chi connectivity index (χ1n) is 6.56. The number of nitrogens with two attached hydrogens (primary N) is 1. The van der Waals surface area contributed by atoms with Gasteiger partial charge in [-0.3, -0.25) is 4.68 Å². The van der Waals surface area contributed by atoms with E-state index in [1.165, 1.54) is 6.42 Å². The molecule has 5 heteroatoms. The van der Waals surface area contributed by atoms with E-state index in [4.69, 9.17) is 22.1 Å². The maximum Gasteiger partial charge on any atom is 0.0847 e. The van der Waals surface area contributed by atoms with Crippen LogP contribution in [-0.4, -0.2) is 28.5 Å². The van der Waals surface area contributed by atoms with Crippen molar-refractivity contribution >= 4 is 11.6 Å². The van der Waals surface area contributed by atoms with E-state index in [9.17, 15) is 0 Å². The first-order chi connectivity index (χ1) is 8.54. The van der Waals surface area contributed by atoms with E-state index in [0.717, 1.165) is 42.2 Å². The van der Waals surface area contributed by atoms with Gasteiger partial charge in [0.05, 0.1) is 22.0 Å². The second kappa shape index (κ2) is 5.19. The Morgan fingerprint density at radius 1 is 1.56 bits per heavy atom. The topological polar surface area (TPSA) is 53.1 Å². The minimum Gasteiger partial charge on any atom is -0.377 e. The highest BCUT2D eigenvalue weighted by atomic mass is 35.5. The van der Waals surface area contributed by atoms with E-state index in [-0.39, 0.29) is 11.6 Å². The molecule has 0 bridgehead atoms. The van der Waals surface area contributed by atoms with Crippen LogP contribution in [0.3, 0.4) is 0 Å². The summed E-state index contributed by atoms with van der Waals surface area (Å²) in [6.07, 6.45) is 4.01. The van der Waals surface area contributed by atoms with Gasteiger partial charge in [-0.15, -0.1) is 0 Å². The first-order valence-corrected chi connectivity index (χ1v) is 6.94. The van der Waals surface area contributed by atoms with Crippen LogP contribution in [0, 0.1) is 6.92 Å². The molecule has 0 amide bonds. The number of hydrogen-bond donors (Lipinski definition) is 1. The van der Waals surface area contributed by atoms with Gasteiger partial charge in [-0.1, -0.05) is 11.6 Å². The predicted molar refractivity (Wildman–Crippen MR) is 72.9 cm³/mol. The highest BCUT2D eigenvalue weighted by molar-refractivity contribution is 6.31. The molecule has 4 nitrogen and oxygen atoms in total. The molecule has 1 heterocycles. The molecular formula is C13H22ClN3O. The highest BCUT2D eigenvalue weighted by Crippen LogP contribution is 2.39. The zero-order chi connectivity index (χ0) is 13.3. The minimum absolute atomic E-state index is 0.0184. The lowest BCUT2D eigenvalue weighted by Gasteiger charge is -2.45. The van der Waals surface area contributed by atoms with E-state index in [2.05, 4.69) is 12.0 Å². The van der Waals surface area contributed by atoms with Gasteiger partial charge < -0.3 is 10.5 Å². The third-order valence-corrected chi connectivity index (χ3v) is 4.64. The Hall–Kier alpha value is -0.580. The monoisotopic (exact) mass is 271 g/mol. The van der Waals surface area contributed by atoms with Crippen LogP contribution >= 0.6 is 11.6 Å². The number of hydrogen-bond acceptors (Lipinski definition) is 3. The van der Waals surface area contributed by atoms with Crippen LogP contribution in [0.2, 0.25) is 5.02 Å². The number of methoxy groups -OCH3 is 1. The average molecular weight is 272 g/mol. The van der Waals surface area contributed by atoms with Crippen molar-refractivity contribution < 1.29 is 4.74 Å². The highest BCUT2D eigenvalue weighted by Gasteiger charge is 2.43. The molecule has 102 valence electrons. The average Bonchev–Trinajstić information content (AvgIpc) is 2.56. The Bertz CT molecular complexity index is 421. The summed E-state index contributed by atoms with van der Waals surface area (Å²) >= 11 is 6.31. The summed E-state index contributed by atoms with van der Waals surface area (Å²) < 4.78 is 7.57. The molecule has 0 spiro atoms. The fourth-order valence-electron chi connectivity index (χ4n) is 2.71. The quantitative estimate of drug-likeness (QED) is 0.894. The molecular weight excluding hydrogens is 250 g/mol. The number of ether oxygens (including phenoxy) is 1. The largest absolute Gasteiger partial charge is 0.377 e. The molecule has 2 rings (SSSR count). The zero-order valence-electron chi connectivity index (χ0n) is 11.4. The number of halogens is 1. The van der Waals surface area contributed by atoms with Crippen LogP contribution in [0.25, 0.3) is 0 Å². The van der Waals surface area contributed by atoms with Gasteiger partial charge in [-0.2, -0.15) is 5.10 Å². The molecule has 1 aliphatic rings. The number of rotatable bonds is 5. The Labute approximate surface area is 113 Å². The molecule has 0 radical (unpaired) electrons. The van der Waals surface area contributed by atoms with Crippen molar-refractivity contribution in [3.63, 3.8) is 0 Å². The lowest BCUT2D eigenvalue weighted by atomic mass is 9.73. The zero-order valence-corrected chi connectivity index (χ0v) is 12.1. The van der Waals surface area contributed by atoms with Crippen LogP contribution in [0.1, 0.15) is 37.6 Å². The number of aromatic nitrogens is 2. The van der Waals surface area contributed by atoms with Gasteiger partial charge in [0.2, 0.25) is 0 Å². The smallest absolute Gasteiger partial charge is 0.0847 e. The van der Waals surface area contributed by atoms with Gasteiger partial charge in [-0.25, -0.2) is 0 Å². The van der Waals surface area contributed by atoms with Crippen LogP contribution in [0.5, 0.6) is 0 Å². The molecule has 0 saturated heterocycles. The van der Waals surface area contributed by atoms with Gasteiger partial charge in [-0.05, 0) is 33.1 Å². The molecule has 1 fully saturated rings. The lowest BCUT2D eigenvalue weighted by Crippen LogP contribution is -2.55. The van der Waals surface area contributed by atoms with Gasteiger partial charge in [0, 0.05) is 26.1 Å². The Morgan fingerprint density at radius 2 is 2.22 bits per heavy atom. The Morgan fingerprint density at radius 3 is 2.67 bits per heavy atom. The van der Waals surface area contributed by atoms with Crippen molar-refractivity contribution in [1.29, 1.82) is 0 Å². The molecule has 0 aliphatic heterocycles. The lowest BCUT2D eigenvalue weighted by molar-refractivity contribution is -0.0899. The maximum absolute atomic E-state index is 6.33. The van der Waals surface area contributed by atoms with Gasteiger partial charge >= 0.3 is 0 Å². The normalized spacial score (nSPS) is 19.6. The van der Waals surface area contributed by atoms with E-state index in [0.29, 0.717) is 0 Å². The molecule has 1 saturated carbocycles. The molecule has 1 aromatic rings.